The summed E-state index contributed by atoms with van der Waals surface area (Å²) in [5, 5.41) is 3.65. The number of aryl methyl sites for hydroxylation is 1. The highest BCUT2D eigenvalue weighted by molar-refractivity contribution is 5.43. The van der Waals surface area contributed by atoms with E-state index in [2.05, 4.69) is 43.4 Å². The Morgan fingerprint density at radius 2 is 2.14 bits per heavy atom. The lowest BCUT2D eigenvalue weighted by molar-refractivity contribution is 0.357. The van der Waals surface area contributed by atoms with Gasteiger partial charge in [0.15, 0.2) is 0 Å². The summed E-state index contributed by atoms with van der Waals surface area (Å²) >= 11 is 0. The normalized spacial score (nSPS) is 14.8. The smallest absolute Gasteiger partial charge is 0.122 e. The molecule has 1 aliphatic rings. The lowest BCUT2D eigenvalue weighted by atomic mass is 9.96. The van der Waals surface area contributed by atoms with Crippen LogP contribution in [0.25, 0.3) is 0 Å². The van der Waals surface area contributed by atoms with Gasteiger partial charge >= 0.3 is 0 Å². The van der Waals surface area contributed by atoms with Crippen molar-refractivity contribution in [2.75, 3.05) is 13.2 Å². The molecule has 0 fully saturated rings. The van der Waals surface area contributed by atoms with Gasteiger partial charge < -0.3 is 14.5 Å². The third kappa shape index (κ3) is 2.84. The number of fused-ring (bicyclic) bond motifs is 1. The number of nitrogens with one attached hydrogen (secondary N) is 1. The Kier molecular flexibility index (Phi) is 4.30. The van der Waals surface area contributed by atoms with Gasteiger partial charge in [0.25, 0.3) is 0 Å². The fourth-order valence-electron chi connectivity index (χ4n) is 2.98. The Hall–Kier alpha value is -1.74. The highest BCUT2D eigenvalue weighted by Gasteiger charge is 2.21. The van der Waals surface area contributed by atoms with Crippen molar-refractivity contribution in [1.29, 1.82) is 0 Å². The summed E-state index contributed by atoms with van der Waals surface area (Å²) in [5.74, 6) is 2.11. The minimum atomic E-state index is 0.199. The van der Waals surface area contributed by atoms with Crippen molar-refractivity contribution in [3.05, 3.63) is 53.0 Å². The van der Waals surface area contributed by atoms with Crippen LogP contribution in [0.2, 0.25) is 0 Å². The van der Waals surface area contributed by atoms with E-state index in [1.54, 1.807) is 6.26 Å². The topological polar surface area (TPSA) is 34.4 Å². The van der Waals surface area contributed by atoms with Crippen LogP contribution in [0.4, 0.5) is 0 Å². The van der Waals surface area contributed by atoms with Crippen molar-refractivity contribution >= 4 is 0 Å². The minimum absolute atomic E-state index is 0.199. The number of hydrogen-bond donors (Lipinski definition) is 1. The van der Waals surface area contributed by atoms with Gasteiger partial charge in [0.2, 0.25) is 0 Å². The van der Waals surface area contributed by atoms with E-state index in [0.717, 1.165) is 43.9 Å². The van der Waals surface area contributed by atoms with Crippen LogP contribution in [0.3, 0.4) is 0 Å². The lowest BCUT2D eigenvalue weighted by Gasteiger charge is -2.20. The van der Waals surface area contributed by atoms with Crippen LogP contribution in [0.5, 0.6) is 5.75 Å². The molecule has 1 N–H and O–H groups in total. The van der Waals surface area contributed by atoms with Crippen LogP contribution < -0.4 is 10.1 Å². The third-order valence-corrected chi connectivity index (χ3v) is 4.06. The molecule has 1 aliphatic heterocycles. The highest BCUT2D eigenvalue weighted by Crippen LogP contribution is 2.32. The van der Waals surface area contributed by atoms with Crippen molar-refractivity contribution in [2.45, 2.75) is 39.2 Å². The molecule has 0 bridgehead atoms. The van der Waals surface area contributed by atoms with E-state index in [9.17, 15) is 0 Å². The van der Waals surface area contributed by atoms with Gasteiger partial charge in [-0.3, -0.25) is 0 Å². The van der Waals surface area contributed by atoms with Crippen LogP contribution in [0.15, 0.2) is 34.9 Å². The summed E-state index contributed by atoms with van der Waals surface area (Å²) < 4.78 is 11.2. The molecular formula is C18H23NO2. The van der Waals surface area contributed by atoms with Gasteiger partial charge in [-0.15, -0.1) is 0 Å². The van der Waals surface area contributed by atoms with Crippen molar-refractivity contribution in [2.24, 2.45) is 0 Å². The van der Waals surface area contributed by atoms with Crippen LogP contribution in [0, 0.1) is 0 Å². The first-order valence-electron chi connectivity index (χ1n) is 7.88. The zero-order valence-electron chi connectivity index (χ0n) is 12.8. The Balaban J connectivity index is 1.95. The molecule has 0 aliphatic carbocycles. The highest BCUT2D eigenvalue weighted by atomic mass is 16.5. The summed E-state index contributed by atoms with van der Waals surface area (Å²) in [7, 11) is 0. The number of benzene rings is 1. The first-order valence-corrected chi connectivity index (χ1v) is 7.88. The van der Waals surface area contributed by atoms with Crippen molar-refractivity contribution in [1.82, 2.24) is 5.32 Å². The molecule has 3 rings (SSSR count). The number of furan rings is 1. The Morgan fingerprint density at radius 3 is 2.95 bits per heavy atom. The van der Waals surface area contributed by atoms with Crippen molar-refractivity contribution < 1.29 is 9.15 Å². The molecule has 0 saturated heterocycles. The molecule has 2 heterocycles. The van der Waals surface area contributed by atoms with Gasteiger partial charge in [-0.25, -0.2) is 0 Å². The SMILES string of the molecule is CCCNC(c1ccc2c(c1)CCO2)c1ccoc1CC. The van der Waals surface area contributed by atoms with E-state index in [0.29, 0.717) is 0 Å². The molecule has 1 aromatic carbocycles. The van der Waals surface area contributed by atoms with Gasteiger partial charge in [-0.05, 0) is 36.2 Å². The average Bonchev–Trinajstić information content (AvgIpc) is 3.15. The standard InChI is InChI=1S/C18H23NO2/c1-3-9-19-18(15-8-11-20-16(15)4-2)14-5-6-17-13(12-14)7-10-21-17/h5-6,8,11-12,18-19H,3-4,7,9-10H2,1-2H3. The second-order valence-corrected chi connectivity index (χ2v) is 5.51. The van der Waals surface area contributed by atoms with Crippen LogP contribution in [-0.2, 0) is 12.8 Å². The molecule has 0 spiro atoms. The predicted octanol–water partition coefficient (Wildman–Crippen LogP) is 3.87. The molecule has 0 amide bonds. The van der Waals surface area contributed by atoms with Gasteiger partial charge in [0.1, 0.15) is 11.5 Å². The first-order chi connectivity index (χ1) is 10.3. The Labute approximate surface area is 126 Å². The van der Waals surface area contributed by atoms with Gasteiger partial charge in [-0.1, -0.05) is 26.0 Å². The summed E-state index contributed by atoms with van der Waals surface area (Å²) in [6, 6.07) is 8.84. The van der Waals surface area contributed by atoms with Crippen LogP contribution in [-0.4, -0.2) is 13.2 Å². The largest absolute Gasteiger partial charge is 0.493 e. The minimum Gasteiger partial charge on any atom is -0.493 e. The van der Waals surface area contributed by atoms with Gasteiger partial charge in [-0.2, -0.15) is 0 Å². The fourth-order valence-corrected chi connectivity index (χ4v) is 2.98. The van der Waals surface area contributed by atoms with E-state index in [1.807, 2.05) is 0 Å². The summed E-state index contributed by atoms with van der Waals surface area (Å²) in [6.45, 7) is 6.12. The third-order valence-electron chi connectivity index (χ3n) is 4.06. The van der Waals surface area contributed by atoms with E-state index < -0.39 is 0 Å². The zero-order chi connectivity index (χ0) is 14.7. The quantitative estimate of drug-likeness (QED) is 0.875. The van der Waals surface area contributed by atoms with E-state index >= 15 is 0 Å². The van der Waals surface area contributed by atoms with Crippen LogP contribution >= 0.6 is 0 Å². The maximum absolute atomic E-state index is 5.62. The summed E-state index contributed by atoms with van der Waals surface area (Å²) in [4.78, 5) is 0. The number of hydrogen-bond acceptors (Lipinski definition) is 3. The molecule has 2 aromatic rings. The average molecular weight is 285 g/mol. The molecule has 1 atom stereocenters. The molecule has 3 nitrogen and oxygen atoms in total. The van der Waals surface area contributed by atoms with Crippen molar-refractivity contribution in [3.8, 4) is 5.75 Å². The monoisotopic (exact) mass is 285 g/mol. The van der Waals surface area contributed by atoms with Crippen LogP contribution in [0.1, 0.15) is 48.8 Å². The zero-order valence-corrected chi connectivity index (χ0v) is 12.8. The number of rotatable bonds is 6. The second kappa shape index (κ2) is 6.35. The van der Waals surface area contributed by atoms with E-state index in [4.69, 9.17) is 9.15 Å². The second-order valence-electron chi connectivity index (χ2n) is 5.51. The molecule has 21 heavy (non-hydrogen) atoms. The maximum Gasteiger partial charge on any atom is 0.122 e. The Morgan fingerprint density at radius 1 is 1.24 bits per heavy atom. The lowest BCUT2D eigenvalue weighted by Crippen LogP contribution is -2.23. The van der Waals surface area contributed by atoms with Gasteiger partial charge in [0, 0.05) is 18.4 Å². The molecule has 112 valence electrons. The molecule has 1 unspecified atom stereocenters. The van der Waals surface area contributed by atoms with E-state index in [-0.39, 0.29) is 6.04 Å². The fraction of sp³-hybridized carbons (Fsp3) is 0.444. The molecule has 0 radical (unpaired) electrons. The first kappa shape index (κ1) is 14.2. The van der Waals surface area contributed by atoms with Gasteiger partial charge in [0.05, 0.1) is 18.9 Å². The predicted molar refractivity (Wildman–Crippen MR) is 83.9 cm³/mol. The maximum atomic E-state index is 5.62. The molecule has 3 heteroatoms. The Bertz CT molecular complexity index is 603. The molecule has 1 aromatic heterocycles. The molecule has 0 saturated carbocycles. The van der Waals surface area contributed by atoms with E-state index in [1.165, 1.54) is 16.7 Å². The molecular weight excluding hydrogens is 262 g/mol. The van der Waals surface area contributed by atoms with Crippen molar-refractivity contribution in [3.63, 3.8) is 0 Å². The summed E-state index contributed by atoms with van der Waals surface area (Å²) in [5.41, 5.74) is 3.87. The summed E-state index contributed by atoms with van der Waals surface area (Å²) in [6.07, 6.45) is 4.84. The number of ether oxygens (including phenoxy) is 1.